The third-order valence-corrected chi connectivity index (χ3v) is 3.76. The zero-order valence-corrected chi connectivity index (χ0v) is 14.1. The summed E-state index contributed by atoms with van der Waals surface area (Å²) in [6, 6.07) is 5.73. The number of aromatic nitrogens is 4. The molecule has 1 saturated heterocycles. The highest BCUT2D eigenvalue weighted by Gasteiger charge is 2.19. The number of carbonyl (C=O) groups excluding carboxylic acids is 1. The van der Waals surface area contributed by atoms with Gasteiger partial charge in [0.25, 0.3) is 0 Å². The van der Waals surface area contributed by atoms with E-state index in [1.54, 1.807) is 6.20 Å². The molecule has 9 nitrogen and oxygen atoms in total. The minimum absolute atomic E-state index is 0.214. The lowest BCUT2D eigenvalue weighted by molar-refractivity contribution is -0.127. The summed E-state index contributed by atoms with van der Waals surface area (Å²) >= 11 is 0. The van der Waals surface area contributed by atoms with Gasteiger partial charge in [0.1, 0.15) is 5.82 Å². The van der Waals surface area contributed by atoms with Gasteiger partial charge in [-0.1, -0.05) is 6.07 Å². The molecule has 0 saturated carbocycles. The van der Waals surface area contributed by atoms with Crippen molar-refractivity contribution in [2.75, 3.05) is 37.4 Å². The maximum Gasteiger partial charge on any atom is 0.322 e. The molecule has 0 bridgehead atoms. The van der Waals surface area contributed by atoms with Crippen LogP contribution in [0.25, 0.3) is 0 Å². The van der Waals surface area contributed by atoms with E-state index in [-0.39, 0.29) is 11.9 Å². The summed E-state index contributed by atoms with van der Waals surface area (Å²) in [5.41, 5.74) is 0. The van der Waals surface area contributed by atoms with E-state index in [2.05, 4.69) is 30.6 Å². The molecule has 0 spiro atoms. The fourth-order valence-electron chi connectivity index (χ4n) is 2.54. The van der Waals surface area contributed by atoms with Crippen LogP contribution in [0.2, 0.25) is 0 Å². The van der Waals surface area contributed by atoms with Crippen LogP contribution in [-0.2, 0) is 4.79 Å². The molecule has 0 unspecified atom stereocenters. The predicted molar refractivity (Wildman–Crippen MR) is 92.8 cm³/mol. The van der Waals surface area contributed by atoms with Crippen molar-refractivity contribution >= 4 is 23.6 Å². The Kier molecular flexibility index (Phi) is 5.55. The summed E-state index contributed by atoms with van der Waals surface area (Å²) in [5.74, 6) is 1.64. The lowest BCUT2D eigenvalue weighted by Gasteiger charge is -2.15. The van der Waals surface area contributed by atoms with Crippen LogP contribution in [0.4, 0.5) is 17.7 Å². The maximum atomic E-state index is 11.6. The molecular formula is C16H21N7O2. The number of nitrogens with zero attached hydrogens (tertiary/aromatic N) is 5. The number of methoxy groups -OCH3 is 1. The van der Waals surface area contributed by atoms with Crippen LogP contribution in [0.5, 0.6) is 6.01 Å². The van der Waals surface area contributed by atoms with Crippen LogP contribution in [0, 0.1) is 0 Å². The number of pyridine rings is 1. The van der Waals surface area contributed by atoms with E-state index in [0.29, 0.717) is 30.7 Å². The average molecular weight is 343 g/mol. The summed E-state index contributed by atoms with van der Waals surface area (Å²) in [7, 11) is 1.50. The highest BCUT2D eigenvalue weighted by Crippen LogP contribution is 2.15. The standard InChI is InChI=1S/C16H21N7O2/c1-25-16-21-14(18-9-5-11-23-10-4-7-13(23)24)20-15(22-16)19-12-6-2-3-8-17-12/h2-3,6,8H,4-5,7,9-11H2,1H3,(H2,17,18,19,20,21,22). The second kappa shape index (κ2) is 8.22. The molecule has 1 aliphatic rings. The lowest BCUT2D eigenvalue weighted by atomic mass is 10.4. The maximum absolute atomic E-state index is 11.6. The molecule has 2 aromatic heterocycles. The molecular weight excluding hydrogens is 322 g/mol. The van der Waals surface area contributed by atoms with Gasteiger partial charge in [0.15, 0.2) is 0 Å². The number of nitrogens with one attached hydrogen (secondary N) is 2. The smallest absolute Gasteiger partial charge is 0.322 e. The number of hydrogen-bond donors (Lipinski definition) is 2. The number of hydrogen-bond acceptors (Lipinski definition) is 8. The summed E-state index contributed by atoms with van der Waals surface area (Å²) in [4.78, 5) is 30.3. The van der Waals surface area contributed by atoms with Gasteiger partial charge >= 0.3 is 6.01 Å². The zero-order valence-electron chi connectivity index (χ0n) is 14.1. The first-order chi connectivity index (χ1) is 12.2. The van der Waals surface area contributed by atoms with Crippen LogP contribution in [0.15, 0.2) is 24.4 Å². The minimum atomic E-state index is 0.214. The number of likely N-dealkylation sites (tertiary alicyclic amines) is 1. The molecule has 0 aromatic carbocycles. The molecule has 1 amide bonds. The number of ether oxygens (including phenoxy) is 1. The predicted octanol–water partition coefficient (Wildman–Crippen LogP) is 1.44. The fraction of sp³-hybridized carbons (Fsp3) is 0.438. The molecule has 2 N–H and O–H groups in total. The monoisotopic (exact) mass is 343 g/mol. The van der Waals surface area contributed by atoms with E-state index < -0.39 is 0 Å². The van der Waals surface area contributed by atoms with Gasteiger partial charge in [-0.25, -0.2) is 4.98 Å². The van der Waals surface area contributed by atoms with Gasteiger partial charge in [0, 0.05) is 32.3 Å². The normalized spacial score (nSPS) is 13.8. The van der Waals surface area contributed by atoms with Crippen molar-refractivity contribution < 1.29 is 9.53 Å². The molecule has 9 heteroatoms. The Morgan fingerprint density at radius 3 is 2.84 bits per heavy atom. The van der Waals surface area contributed by atoms with E-state index >= 15 is 0 Å². The van der Waals surface area contributed by atoms with Crippen LogP contribution in [0.1, 0.15) is 19.3 Å². The van der Waals surface area contributed by atoms with Gasteiger partial charge in [-0.2, -0.15) is 15.0 Å². The summed E-state index contributed by atoms with van der Waals surface area (Å²) < 4.78 is 5.12. The SMILES string of the molecule is COc1nc(NCCCN2CCCC2=O)nc(Nc2ccccn2)n1. The van der Waals surface area contributed by atoms with Crippen molar-refractivity contribution in [3.8, 4) is 6.01 Å². The Bertz CT molecular complexity index is 711. The lowest BCUT2D eigenvalue weighted by Crippen LogP contribution is -2.27. The van der Waals surface area contributed by atoms with Crippen molar-refractivity contribution in [1.29, 1.82) is 0 Å². The van der Waals surface area contributed by atoms with Crippen molar-refractivity contribution in [2.24, 2.45) is 0 Å². The first kappa shape index (κ1) is 16.9. The third-order valence-electron chi connectivity index (χ3n) is 3.76. The molecule has 1 aliphatic heterocycles. The summed E-state index contributed by atoms with van der Waals surface area (Å²) in [6.45, 7) is 2.25. The number of anilines is 3. The van der Waals surface area contributed by atoms with E-state index in [0.717, 1.165) is 25.9 Å². The summed E-state index contributed by atoms with van der Waals surface area (Å²) in [6.07, 6.45) is 4.13. The van der Waals surface area contributed by atoms with Crippen molar-refractivity contribution in [3.05, 3.63) is 24.4 Å². The molecule has 0 atom stereocenters. The average Bonchev–Trinajstić information content (AvgIpc) is 3.04. The van der Waals surface area contributed by atoms with E-state index in [9.17, 15) is 4.79 Å². The van der Waals surface area contributed by atoms with Crippen LogP contribution in [-0.4, -0.2) is 57.5 Å². The minimum Gasteiger partial charge on any atom is -0.467 e. The van der Waals surface area contributed by atoms with Crippen molar-refractivity contribution in [1.82, 2.24) is 24.8 Å². The Balaban J connectivity index is 1.56. The van der Waals surface area contributed by atoms with E-state index in [1.165, 1.54) is 7.11 Å². The van der Waals surface area contributed by atoms with Crippen LogP contribution in [0.3, 0.4) is 0 Å². The molecule has 25 heavy (non-hydrogen) atoms. The van der Waals surface area contributed by atoms with Gasteiger partial charge < -0.3 is 20.3 Å². The van der Waals surface area contributed by atoms with Crippen molar-refractivity contribution in [2.45, 2.75) is 19.3 Å². The Labute approximate surface area is 145 Å². The highest BCUT2D eigenvalue weighted by atomic mass is 16.5. The third kappa shape index (κ3) is 4.75. The number of amides is 1. The van der Waals surface area contributed by atoms with Gasteiger partial charge in [-0.15, -0.1) is 0 Å². The fourth-order valence-corrected chi connectivity index (χ4v) is 2.54. The Morgan fingerprint density at radius 1 is 1.24 bits per heavy atom. The molecule has 1 fully saturated rings. The van der Waals surface area contributed by atoms with E-state index in [1.807, 2.05) is 23.1 Å². The molecule has 3 rings (SSSR count). The molecule has 0 radical (unpaired) electrons. The Hall–Kier alpha value is -2.97. The quantitative estimate of drug-likeness (QED) is 0.694. The second-order valence-electron chi connectivity index (χ2n) is 5.57. The topological polar surface area (TPSA) is 105 Å². The van der Waals surface area contributed by atoms with Gasteiger partial charge in [0.05, 0.1) is 7.11 Å². The zero-order chi connectivity index (χ0) is 17.5. The van der Waals surface area contributed by atoms with Crippen molar-refractivity contribution in [3.63, 3.8) is 0 Å². The van der Waals surface area contributed by atoms with Gasteiger partial charge in [0.2, 0.25) is 17.8 Å². The summed E-state index contributed by atoms with van der Waals surface area (Å²) in [5, 5.41) is 6.16. The van der Waals surface area contributed by atoms with Crippen LogP contribution < -0.4 is 15.4 Å². The first-order valence-electron chi connectivity index (χ1n) is 8.24. The number of carbonyl (C=O) groups is 1. The highest BCUT2D eigenvalue weighted by molar-refractivity contribution is 5.78. The molecule has 0 aliphatic carbocycles. The molecule has 132 valence electrons. The largest absolute Gasteiger partial charge is 0.467 e. The second-order valence-corrected chi connectivity index (χ2v) is 5.57. The first-order valence-corrected chi connectivity index (χ1v) is 8.24. The van der Waals surface area contributed by atoms with Gasteiger partial charge in [-0.05, 0) is 25.0 Å². The van der Waals surface area contributed by atoms with Crippen LogP contribution >= 0.6 is 0 Å². The van der Waals surface area contributed by atoms with Gasteiger partial charge in [-0.3, -0.25) is 4.79 Å². The number of rotatable bonds is 8. The Morgan fingerprint density at radius 2 is 2.12 bits per heavy atom. The molecule has 2 aromatic rings. The molecule has 3 heterocycles. The van der Waals surface area contributed by atoms with E-state index in [4.69, 9.17) is 4.74 Å².